The van der Waals surface area contributed by atoms with E-state index in [0.29, 0.717) is 11.4 Å². The molecule has 0 radical (unpaired) electrons. The first-order chi connectivity index (χ1) is 12.3. The highest BCUT2D eigenvalue weighted by Crippen LogP contribution is 2.44. The zero-order chi connectivity index (χ0) is 19.0. The van der Waals surface area contributed by atoms with Gasteiger partial charge in [0.25, 0.3) is 5.69 Å². The van der Waals surface area contributed by atoms with Gasteiger partial charge in [-0.15, -0.1) is 0 Å². The summed E-state index contributed by atoms with van der Waals surface area (Å²) < 4.78 is 10.4. The molecule has 0 fully saturated rings. The van der Waals surface area contributed by atoms with Crippen molar-refractivity contribution >= 4 is 17.6 Å². The third-order valence-electron chi connectivity index (χ3n) is 4.22. The number of allylic oxidation sites excluding steroid dienone is 1. The molecule has 1 unspecified atom stereocenters. The summed E-state index contributed by atoms with van der Waals surface area (Å²) in [4.78, 5) is 36.0. The monoisotopic (exact) mass is 358 g/mol. The van der Waals surface area contributed by atoms with Crippen molar-refractivity contribution in [2.45, 2.75) is 32.8 Å². The maximum Gasteiger partial charge on any atom is 0.337 e. The van der Waals surface area contributed by atoms with Crippen LogP contribution in [0.3, 0.4) is 0 Å². The summed E-state index contributed by atoms with van der Waals surface area (Å²) in [5, 5.41) is 14.5. The molecule has 1 aromatic carbocycles. The molecule has 8 heteroatoms. The largest absolute Gasteiger partial charge is 0.460 e. The fraction of sp³-hybridized carbons (Fsp3) is 0.333. The molecule has 26 heavy (non-hydrogen) atoms. The quantitative estimate of drug-likeness (QED) is 0.500. The lowest BCUT2D eigenvalue weighted by molar-refractivity contribution is -0.385. The number of ether oxygens (including phenoxy) is 2. The fourth-order valence-corrected chi connectivity index (χ4v) is 3.22. The Balaban J connectivity index is 2.21. The third-order valence-corrected chi connectivity index (χ3v) is 4.22. The molecule has 1 N–H and O–H groups in total. The van der Waals surface area contributed by atoms with Crippen LogP contribution in [-0.2, 0) is 19.1 Å². The van der Waals surface area contributed by atoms with Crippen LogP contribution in [-0.4, -0.2) is 29.6 Å². The minimum absolute atomic E-state index is 0.0369. The van der Waals surface area contributed by atoms with Gasteiger partial charge in [-0.1, -0.05) is 18.2 Å². The molecular weight excluding hydrogens is 340 g/mol. The van der Waals surface area contributed by atoms with Crippen LogP contribution in [0, 0.1) is 10.1 Å². The lowest BCUT2D eigenvalue weighted by Gasteiger charge is -2.27. The predicted molar refractivity (Wildman–Crippen MR) is 90.9 cm³/mol. The van der Waals surface area contributed by atoms with Gasteiger partial charge in [-0.3, -0.25) is 10.1 Å². The van der Waals surface area contributed by atoms with Gasteiger partial charge in [0.1, 0.15) is 6.61 Å². The van der Waals surface area contributed by atoms with E-state index in [1.54, 1.807) is 32.9 Å². The van der Waals surface area contributed by atoms with Crippen molar-refractivity contribution in [2.24, 2.45) is 0 Å². The molecule has 8 nitrogen and oxygen atoms in total. The van der Waals surface area contributed by atoms with Gasteiger partial charge in [-0.05, 0) is 20.8 Å². The standard InChI is InChI=1S/C18H18N2O6/c1-9(2)26-18(22)14-10(3)19-12-8-25-17(21)16(12)15(14)11-6-4-5-7-13(11)20(23)24/h4-7,9,15,19H,8H2,1-3H3. The minimum atomic E-state index is -0.922. The number of nitrogens with one attached hydrogen (secondary N) is 1. The summed E-state index contributed by atoms with van der Waals surface area (Å²) in [7, 11) is 0. The van der Waals surface area contributed by atoms with Crippen LogP contribution in [0.5, 0.6) is 0 Å². The number of cyclic esters (lactones) is 1. The molecule has 1 aromatic rings. The van der Waals surface area contributed by atoms with E-state index in [-0.39, 0.29) is 35.1 Å². The topological polar surface area (TPSA) is 108 Å². The second-order valence-electron chi connectivity index (χ2n) is 6.34. The minimum Gasteiger partial charge on any atom is -0.460 e. The van der Waals surface area contributed by atoms with Crippen molar-refractivity contribution in [3.8, 4) is 0 Å². The van der Waals surface area contributed by atoms with E-state index in [4.69, 9.17) is 9.47 Å². The second kappa shape index (κ2) is 6.62. The van der Waals surface area contributed by atoms with Crippen molar-refractivity contribution in [1.29, 1.82) is 0 Å². The molecule has 0 bridgehead atoms. The van der Waals surface area contributed by atoms with Crippen molar-refractivity contribution in [3.05, 3.63) is 62.5 Å². The first-order valence-corrected chi connectivity index (χ1v) is 8.13. The normalized spacial score (nSPS) is 19.2. The van der Waals surface area contributed by atoms with E-state index < -0.39 is 22.8 Å². The number of nitrogens with zero attached hydrogens (tertiary/aromatic N) is 1. The van der Waals surface area contributed by atoms with E-state index in [9.17, 15) is 19.7 Å². The first-order valence-electron chi connectivity index (χ1n) is 8.13. The molecule has 2 aliphatic heterocycles. The Hall–Kier alpha value is -3.16. The van der Waals surface area contributed by atoms with Gasteiger partial charge >= 0.3 is 11.9 Å². The van der Waals surface area contributed by atoms with Crippen LogP contribution in [0.15, 0.2) is 46.8 Å². The van der Waals surface area contributed by atoms with Crippen molar-refractivity contribution in [2.75, 3.05) is 6.61 Å². The van der Waals surface area contributed by atoms with E-state index >= 15 is 0 Å². The fourth-order valence-electron chi connectivity index (χ4n) is 3.22. The maximum absolute atomic E-state index is 12.7. The average Bonchev–Trinajstić information content (AvgIpc) is 2.93. The third kappa shape index (κ3) is 2.94. The highest BCUT2D eigenvalue weighted by atomic mass is 16.6. The molecule has 0 amide bonds. The van der Waals surface area contributed by atoms with Crippen LogP contribution >= 0.6 is 0 Å². The smallest absolute Gasteiger partial charge is 0.337 e. The molecule has 2 heterocycles. The Morgan fingerprint density at radius 2 is 2.08 bits per heavy atom. The predicted octanol–water partition coefficient (Wildman–Crippen LogP) is 2.32. The number of hydrogen-bond acceptors (Lipinski definition) is 7. The summed E-state index contributed by atoms with van der Waals surface area (Å²) in [5.74, 6) is -2.15. The van der Waals surface area contributed by atoms with Crippen molar-refractivity contribution < 1.29 is 24.0 Å². The Kier molecular flexibility index (Phi) is 4.50. The number of para-hydroxylation sites is 1. The van der Waals surface area contributed by atoms with Crippen molar-refractivity contribution in [1.82, 2.24) is 5.32 Å². The summed E-state index contributed by atoms with van der Waals surface area (Å²) in [6.07, 6.45) is -0.375. The van der Waals surface area contributed by atoms with Gasteiger partial charge in [0.05, 0.1) is 33.8 Å². The number of hydrogen-bond donors (Lipinski definition) is 1. The van der Waals surface area contributed by atoms with Crippen LogP contribution in [0.1, 0.15) is 32.3 Å². The Morgan fingerprint density at radius 1 is 1.38 bits per heavy atom. The Bertz CT molecular complexity index is 868. The summed E-state index contributed by atoms with van der Waals surface area (Å²) in [6, 6.07) is 6.05. The molecule has 0 aliphatic carbocycles. The molecular formula is C18H18N2O6. The molecule has 2 aliphatic rings. The molecule has 0 spiro atoms. The van der Waals surface area contributed by atoms with Crippen LogP contribution < -0.4 is 5.32 Å². The number of dihydropyridines is 1. The van der Waals surface area contributed by atoms with E-state index in [1.165, 1.54) is 12.1 Å². The lowest BCUT2D eigenvalue weighted by atomic mass is 9.80. The summed E-state index contributed by atoms with van der Waals surface area (Å²) >= 11 is 0. The second-order valence-corrected chi connectivity index (χ2v) is 6.34. The molecule has 3 rings (SSSR count). The van der Waals surface area contributed by atoms with Gasteiger partial charge in [0.15, 0.2) is 0 Å². The van der Waals surface area contributed by atoms with Gasteiger partial charge in [-0.25, -0.2) is 9.59 Å². The van der Waals surface area contributed by atoms with E-state index in [2.05, 4.69) is 5.32 Å². The number of nitro benzene ring substituents is 1. The maximum atomic E-state index is 12.7. The van der Waals surface area contributed by atoms with Crippen molar-refractivity contribution in [3.63, 3.8) is 0 Å². The number of nitro groups is 1. The lowest BCUT2D eigenvalue weighted by Crippen LogP contribution is -2.31. The number of carbonyl (C=O) groups excluding carboxylic acids is 2. The van der Waals surface area contributed by atoms with Crippen LogP contribution in [0.25, 0.3) is 0 Å². The SMILES string of the molecule is CC1=C(C(=O)OC(C)C)C(c2ccccc2[N+](=O)[O-])C2=C(COC2=O)N1. The highest BCUT2D eigenvalue weighted by Gasteiger charge is 2.44. The molecule has 136 valence electrons. The highest BCUT2D eigenvalue weighted by molar-refractivity contribution is 6.01. The number of rotatable bonds is 4. The van der Waals surface area contributed by atoms with E-state index in [1.807, 2.05) is 0 Å². The zero-order valence-corrected chi connectivity index (χ0v) is 14.6. The molecule has 0 aromatic heterocycles. The van der Waals surface area contributed by atoms with Gasteiger partial charge in [-0.2, -0.15) is 0 Å². The zero-order valence-electron chi connectivity index (χ0n) is 14.6. The number of carbonyl (C=O) groups is 2. The Labute approximate surface area is 149 Å². The van der Waals surface area contributed by atoms with E-state index in [0.717, 1.165) is 0 Å². The molecule has 0 saturated heterocycles. The van der Waals surface area contributed by atoms with Gasteiger partial charge in [0, 0.05) is 17.3 Å². The number of benzene rings is 1. The Morgan fingerprint density at radius 3 is 2.73 bits per heavy atom. The van der Waals surface area contributed by atoms with Crippen LogP contribution in [0.2, 0.25) is 0 Å². The summed E-state index contributed by atoms with van der Waals surface area (Å²) in [6.45, 7) is 5.12. The van der Waals surface area contributed by atoms with Gasteiger partial charge in [0.2, 0.25) is 0 Å². The van der Waals surface area contributed by atoms with Crippen LogP contribution in [0.4, 0.5) is 5.69 Å². The molecule has 1 atom stereocenters. The number of esters is 2. The van der Waals surface area contributed by atoms with Gasteiger partial charge < -0.3 is 14.8 Å². The average molecular weight is 358 g/mol. The summed E-state index contributed by atoms with van der Waals surface area (Å²) in [5.41, 5.74) is 1.45. The molecule has 0 saturated carbocycles. The first kappa shape index (κ1) is 17.7.